The molecule has 0 fully saturated rings. The van der Waals surface area contributed by atoms with E-state index in [0.717, 1.165) is 13.1 Å². The maximum atomic E-state index is 4.25. The molecule has 2 heterocycles. The smallest absolute Gasteiger partial charge is 0.0522 e. The largest absolute Gasteiger partial charge is 0.305 e. The molecule has 1 unspecified atom stereocenters. The molecule has 0 aliphatic rings. The summed E-state index contributed by atoms with van der Waals surface area (Å²) in [7, 11) is 0. The number of rotatable bonds is 5. The molecule has 0 aromatic carbocycles. The number of nitrogens with zero attached hydrogens (tertiary/aromatic N) is 3. The normalized spacial score (nSPS) is 12.6. The molecule has 4 nitrogen and oxygen atoms in total. The predicted octanol–water partition coefficient (Wildman–Crippen LogP) is 2.15. The van der Waals surface area contributed by atoms with Gasteiger partial charge < -0.3 is 5.32 Å². The highest BCUT2D eigenvalue weighted by Gasteiger charge is 2.06. The van der Waals surface area contributed by atoms with Crippen LogP contribution in [0.3, 0.4) is 0 Å². The minimum absolute atomic E-state index is 0.295. The molecule has 1 N–H and O–H groups in total. The Hall–Kier alpha value is -1.68. The lowest BCUT2D eigenvalue weighted by Gasteiger charge is -2.14. The second kappa shape index (κ2) is 5.59. The third kappa shape index (κ3) is 2.91. The van der Waals surface area contributed by atoms with Gasteiger partial charge in [0.15, 0.2) is 0 Å². The highest BCUT2D eigenvalue weighted by atomic mass is 15.3. The highest BCUT2D eigenvalue weighted by Crippen LogP contribution is 2.10. The molecule has 0 bridgehead atoms. The van der Waals surface area contributed by atoms with Crippen molar-refractivity contribution in [3.8, 4) is 0 Å². The molecule has 0 spiro atoms. The monoisotopic (exact) mass is 230 g/mol. The maximum Gasteiger partial charge on any atom is 0.0522 e. The first-order valence-electron chi connectivity index (χ1n) is 5.95. The van der Waals surface area contributed by atoms with Gasteiger partial charge in [0.05, 0.1) is 5.69 Å². The minimum atomic E-state index is 0.295. The van der Waals surface area contributed by atoms with Crippen molar-refractivity contribution in [1.29, 1.82) is 0 Å². The summed E-state index contributed by atoms with van der Waals surface area (Å²) >= 11 is 0. The van der Waals surface area contributed by atoms with Gasteiger partial charge in [-0.3, -0.25) is 9.67 Å². The van der Waals surface area contributed by atoms with Crippen LogP contribution in [0.25, 0.3) is 0 Å². The molecule has 2 rings (SSSR count). The quantitative estimate of drug-likeness (QED) is 0.855. The molecular weight excluding hydrogens is 212 g/mol. The fourth-order valence-electron chi connectivity index (χ4n) is 1.80. The first-order valence-corrected chi connectivity index (χ1v) is 5.95. The van der Waals surface area contributed by atoms with Crippen LogP contribution in [-0.2, 0) is 13.1 Å². The van der Waals surface area contributed by atoms with E-state index in [4.69, 9.17) is 0 Å². The van der Waals surface area contributed by atoms with Crippen LogP contribution >= 0.6 is 0 Å². The molecule has 17 heavy (non-hydrogen) atoms. The molecule has 0 saturated carbocycles. The van der Waals surface area contributed by atoms with Crippen molar-refractivity contribution in [2.75, 3.05) is 0 Å². The van der Waals surface area contributed by atoms with Gasteiger partial charge in [-0.2, -0.15) is 5.10 Å². The van der Waals surface area contributed by atoms with E-state index < -0.39 is 0 Å². The van der Waals surface area contributed by atoms with Crippen LogP contribution in [-0.4, -0.2) is 14.8 Å². The van der Waals surface area contributed by atoms with E-state index in [1.54, 1.807) is 6.20 Å². The van der Waals surface area contributed by atoms with Gasteiger partial charge in [0.25, 0.3) is 0 Å². The van der Waals surface area contributed by atoms with Gasteiger partial charge in [0.1, 0.15) is 0 Å². The number of aryl methyl sites for hydroxylation is 1. The van der Waals surface area contributed by atoms with E-state index in [9.17, 15) is 0 Å². The van der Waals surface area contributed by atoms with Crippen molar-refractivity contribution < 1.29 is 0 Å². The highest BCUT2D eigenvalue weighted by molar-refractivity contribution is 5.13. The van der Waals surface area contributed by atoms with Crippen molar-refractivity contribution in [1.82, 2.24) is 20.1 Å². The molecule has 0 aliphatic heterocycles. The fraction of sp³-hybridized carbons (Fsp3) is 0.385. The van der Waals surface area contributed by atoms with Gasteiger partial charge in [-0.05, 0) is 31.5 Å². The fourth-order valence-corrected chi connectivity index (χ4v) is 1.80. The zero-order valence-electron chi connectivity index (χ0n) is 10.3. The van der Waals surface area contributed by atoms with Gasteiger partial charge in [-0.15, -0.1) is 0 Å². The van der Waals surface area contributed by atoms with Crippen LogP contribution in [0.4, 0.5) is 0 Å². The van der Waals surface area contributed by atoms with Crippen molar-refractivity contribution in [2.45, 2.75) is 33.0 Å². The van der Waals surface area contributed by atoms with Gasteiger partial charge in [0, 0.05) is 37.7 Å². The molecule has 0 radical (unpaired) electrons. The summed E-state index contributed by atoms with van der Waals surface area (Å²) in [6.07, 6.45) is 5.53. The Labute approximate surface area is 102 Å². The number of pyridine rings is 1. The summed E-state index contributed by atoms with van der Waals surface area (Å²) in [6, 6.07) is 6.39. The lowest BCUT2D eigenvalue weighted by Crippen LogP contribution is -2.20. The number of aromatic nitrogens is 3. The zero-order valence-corrected chi connectivity index (χ0v) is 10.3. The third-order valence-electron chi connectivity index (χ3n) is 2.88. The zero-order chi connectivity index (χ0) is 12.1. The van der Waals surface area contributed by atoms with E-state index in [1.165, 1.54) is 11.3 Å². The first-order chi connectivity index (χ1) is 8.31. The maximum absolute atomic E-state index is 4.25. The Morgan fingerprint density at radius 3 is 2.94 bits per heavy atom. The average Bonchev–Trinajstić information content (AvgIpc) is 2.84. The van der Waals surface area contributed by atoms with Gasteiger partial charge >= 0.3 is 0 Å². The Morgan fingerprint density at radius 2 is 2.24 bits per heavy atom. The second-order valence-corrected chi connectivity index (χ2v) is 4.03. The minimum Gasteiger partial charge on any atom is -0.305 e. The van der Waals surface area contributed by atoms with Crippen molar-refractivity contribution in [2.24, 2.45) is 0 Å². The van der Waals surface area contributed by atoms with Crippen LogP contribution in [0.15, 0.2) is 36.8 Å². The summed E-state index contributed by atoms with van der Waals surface area (Å²) in [6.45, 7) is 5.97. The van der Waals surface area contributed by atoms with Crippen LogP contribution in [0.2, 0.25) is 0 Å². The van der Waals surface area contributed by atoms with Crippen LogP contribution in [0, 0.1) is 0 Å². The molecule has 1 atom stereocenters. The average molecular weight is 230 g/mol. The van der Waals surface area contributed by atoms with Crippen molar-refractivity contribution in [3.05, 3.63) is 48.0 Å². The van der Waals surface area contributed by atoms with Crippen LogP contribution in [0.1, 0.15) is 31.1 Å². The molecule has 2 aromatic heterocycles. The molecule has 0 amide bonds. The lowest BCUT2D eigenvalue weighted by atomic mass is 10.1. The van der Waals surface area contributed by atoms with E-state index in [1.807, 2.05) is 29.2 Å². The molecule has 90 valence electrons. The summed E-state index contributed by atoms with van der Waals surface area (Å²) in [4.78, 5) is 4.13. The van der Waals surface area contributed by atoms with E-state index in [2.05, 4.69) is 35.3 Å². The van der Waals surface area contributed by atoms with E-state index in [0.29, 0.717) is 6.04 Å². The van der Waals surface area contributed by atoms with Crippen LogP contribution < -0.4 is 5.32 Å². The van der Waals surface area contributed by atoms with Crippen molar-refractivity contribution in [3.63, 3.8) is 0 Å². The van der Waals surface area contributed by atoms with E-state index >= 15 is 0 Å². The standard InChI is InChI=1S/C13H18N4/c1-3-17-13(6-8-16-17)10-15-11(2)12-5-4-7-14-9-12/h4-9,11,15H,3,10H2,1-2H3. The Balaban J connectivity index is 1.95. The third-order valence-corrected chi connectivity index (χ3v) is 2.88. The molecule has 4 heteroatoms. The van der Waals surface area contributed by atoms with E-state index in [-0.39, 0.29) is 0 Å². The molecule has 0 aliphatic carbocycles. The van der Waals surface area contributed by atoms with Gasteiger partial charge in [-0.1, -0.05) is 6.07 Å². The Kier molecular flexibility index (Phi) is 3.88. The Morgan fingerprint density at radius 1 is 1.35 bits per heavy atom. The van der Waals surface area contributed by atoms with Gasteiger partial charge in [-0.25, -0.2) is 0 Å². The Bertz CT molecular complexity index is 449. The van der Waals surface area contributed by atoms with Crippen LogP contribution in [0.5, 0.6) is 0 Å². The number of nitrogens with one attached hydrogen (secondary N) is 1. The number of hydrogen-bond donors (Lipinski definition) is 1. The summed E-state index contributed by atoms with van der Waals surface area (Å²) in [5.74, 6) is 0. The SMILES string of the molecule is CCn1nccc1CNC(C)c1cccnc1. The topological polar surface area (TPSA) is 42.7 Å². The predicted molar refractivity (Wildman–Crippen MR) is 67.4 cm³/mol. The lowest BCUT2D eigenvalue weighted by molar-refractivity contribution is 0.531. The summed E-state index contributed by atoms with van der Waals surface area (Å²) in [5.41, 5.74) is 2.42. The number of hydrogen-bond acceptors (Lipinski definition) is 3. The molecule has 0 saturated heterocycles. The molecular formula is C13H18N4. The summed E-state index contributed by atoms with van der Waals surface area (Å²) < 4.78 is 2.00. The summed E-state index contributed by atoms with van der Waals surface area (Å²) in [5, 5.41) is 7.72. The first kappa shape index (κ1) is 11.8. The van der Waals surface area contributed by atoms with Crippen molar-refractivity contribution >= 4 is 0 Å². The van der Waals surface area contributed by atoms with Gasteiger partial charge in [0.2, 0.25) is 0 Å². The second-order valence-electron chi connectivity index (χ2n) is 4.03. The molecule has 2 aromatic rings.